The molecule has 1 atom stereocenters. The molecule has 2 aromatic carbocycles. The Morgan fingerprint density at radius 2 is 1.75 bits per heavy atom. The van der Waals surface area contributed by atoms with Gasteiger partial charge in [0.2, 0.25) is 5.88 Å². The van der Waals surface area contributed by atoms with Crippen LogP contribution in [0, 0.1) is 26.2 Å². The third kappa shape index (κ3) is 4.45. The Kier molecular flexibility index (Phi) is 6.15. The van der Waals surface area contributed by atoms with Gasteiger partial charge in [0, 0.05) is 28.8 Å². The summed E-state index contributed by atoms with van der Waals surface area (Å²) in [6, 6.07) is 10.3. The molecule has 0 saturated carbocycles. The summed E-state index contributed by atoms with van der Waals surface area (Å²) >= 11 is 3.65. The number of hydrogen-bond donors (Lipinski definition) is 1. The van der Waals surface area contributed by atoms with Crippen molar-refractivity contribution in [3.63, 3.8) is 0 Å². The highest BCUT2D eigenvalue weighted by Gasteiger charge is 2.28. The first-order valence-electron chi connectivity index (χ1n) is 11.4. The van der Waals surface area contributed by atoms with E-state index in [-0.39, 0.29) is 11.5 Å². The highest BCUT2D eigenvalue weighted by molar-refractivity contribution is 9.10. The van der Waals surface area contributed by atoms with Crippen LogP contribution in [0.2, 0.25) is 0 Å². The maximum Gasteiger partial charge on any atom is 0.202 e. The molecule has 4 rings (SSSR count). The van der Waals surface area contributed by atoms with Gasteiger partial charge in [-0.1, -0.05) is 26.0 Å². The molecule has 170 valence electrons. The van der Waals surface area contributed by atoms with E-state index in [1.807, 2.05) is 19.9 Å². The lowest BCUT2D eigenvalue weighted by atomic mass is 9.82. The largest absolute Gasteiger partial charge is 0.440 e. The van der Waals surface area contributed by atoms with E-state index < -0.39 is 0 Å². The highest BCUT2D eigenvalue weighted by Crippen LogP contribution is 2.36. The Morgan fingerprint density at radius 1 is 1.06 bits per heavy atom. The number of nitrogens with one attached hydrogen (secondary N) is 1. The molecule has 1 N–H and O–H groups in total. The second-order valence-corrected chi connectivity index (χ2v) is 10.9. The van der Waals surface area contributed by atoms with Crippen molar-refractivity contribution < 1.29 is 4.42 Å². The number of fused-ring (bicyclic) bond motifs is 1. The summed E-state index contributed by atoms with van der Waals surface area (Å²) in [6.45, 7) is 14.6. The van der Waals surface area contributed by atoms with Crippen molar-refractivity contribution in [3.8, 4) is 0 Å². The summed E-state index contributed by atoms with van der Waals surface area (Å²) in [4.78, 5) is 15.6. The van der Waals surface area contributed by atoms with E-state index in [0.717, 1.165) is 53.1 Å². The van der Waals surface area contributed by atoms with E-state index in [9.17, 15) is 4.79 Å². The average Bonchev–Trinajstić information content (AvgIpc) is 2.73. The van der Waals surface area contributed by atoms with Crippen LogP contribution in [-0.4, -0.2) is 13.1 Å². The zero-order valence-electron chi connectivity index (χ0n) is 19.9. The number of halogens is 1. The van der Waals surface area contributed by atoms with Gasteiger partial charge in [-0.05, 0) is 91.2 Å². The monoisotopic (exact) mass is 496 g/mol. The van der Waals surface area contributed by atoms with E-state index in [1.165, 1.54) is 5.56 Å². The molecule has 3 aromatic rings. The Balaban J connectivity index is 1.80. The topological polar surface area (TPSA) is 45.5 Å². The Labute approximate surface area is 199 Å². The second kappa shape index (κ2) is 8.58. The van der Waals surface area contributed by atoms with Gasteiger partial charge in [0.25, 0.3) is 0 Å². The summed E-state index contributed by atoms with van der Waals surface area (Å²) in [5.74, 6) is 0.729. The standard InChI is InChI=1S/C27H33BrN2O2/c1-16-7-8-22(28)23(15-16)29-19(4)20-13-17(2)14-21-24(31)18(3)26(32-25(20)21)30-11-9-27(5,6)10-12-30/h7-8,13-15,19,29H,9-12H2,1-6H3/t19-/m1/s1. The minimum atomic E-state index is -0.0329. The van der Waals surface area contributed by atoms with Crippen LogP contribution in [0.3, 0.4) is 0 Å². The van der Waals surface area contributed by atoms with Crippen molar-refractivity contribution in [3.05, 3.63) is 67.3 Å². The normalized spacial score (nSPS) is 16.9. The lowest BCUT2D eigenvalue weighted by molar-refractivity contribution is 0.274. The molecule has 5 heteroatoms. The summed E-state index contributed by atoms with van der Waals surface area (Å²) in [5.41, 5.74) is 6.08. The molecular weight excluding hydrogens is 464 g/mol. The number of aryl methyl sites for hydroxylation is 2. The minimum absolute atomic E-state index is 0.0329. The molecule has 0 unspecified atom stereocenters. The molecule has 2 heterocycles. The van der Waals surface area contributed by atoms with Gasteiger partial charge in [-0.3, -0.25) is 4.79 Å². The van der Waals surface area contributed by atoms with E-state index in [1.54, 1.807) is 0 Å². The quantitative estimate of drug-likeness (QED) is 0.412. The van der Waals surface area contributed by atoms with Gasteiger partial charge in [-0.25, -0.2) is 0 Å². The zero-order valence-corrected chi connectivity index (χ0v) is 21.5. The third-order valence-corrected chi connectivity index (χ3v) is 7.42. The number of piperidine rings is 1. The lowest BCUT2D eigenvalue weighted by Gasteiger charge is -2.37. The van der Waals surface area contributed by atoms with Gasteiger partial charge < -0.3 is 14.6 Å². The number of hydrogen-bond acceptors (Lipinski definition) is 4. The number of anilines is 2. The van der Waals surface area contributed by atoms with Gasteiger partial charge in [0.05, 0.1) is 17.0 Å². The maximum absolute atomic E-state index is 13.4. The minimum Gasteiger partial charge on any atom is -0.440 e. The van der Waals surface area contributed by atoms with Crippen LogP contribution in [0.1, 0.15) is 61.9 Å². The SMILES string of the molecule is Cc1ccc(Br)c(N[C@H](C)c2cc(C)cc3c(=O)c(C)c(N4CCC(C)(C)CC4)oc23)c1. The second-order valence-electron chi connectivity index (χ2n) is 10.1. The van der Waals surface area contributed by atoms with Crippen LogP contribution >= 0.6 is 15.9 Å². The third-order valence-electron chi connectivity index (χ3n) is 6.73. The van der Waals surface area contributed by atoms with Crippen molar-refractivity contribution in [1.82, 2.24) is 0 Å². The Hall–Kier alpha value is -2.27. The molecular formula is C27H33BrN2O2. The molecule has 1 aromatic heterocycles. The average molecular weight is 497 g/mol. The van der Waals surface area contributed by atoms with Crippen molar-refractivity contribution in [1.29, 1.82) is 0 Å². The predicted octanol–water partition coefficient (Wildman–Crippen LogP) is 7.28. The molecule has 32 heavy (non-hydrogen) atoms. The number of benzene rings is 2. The predicted molar refractivity (Wildman–Crippen MR) is 138 cm³/mol. The van der Waals surface area contributed by atoms with Crippen LogP contribution in [0.5, 0.6) is 0 Å². The molecule has 0 bridgehead atoms. The Bertz CT molecular complexity index is 1220. The van der Waals surface area contributed by atoms with E-state index in [0.29, 0.717) is 21.9 Å². The fourth-order valence-electron chi connectivity index (χ4n) is 4.56. The molecule has 0 spiro atoms. The van der Waals surface area contributed by atoms with Gasteiger partial charge >= 0.3 is 0 Å². The van der Waals surface area contributed by atoms with Crippen LogP contribution in [-0.2, 0) is 0 Å². The van der Waals surface area contributed by atoms with Crippen molar-refractivity contribution in [2.45, 2.75) is 60.4 Å². The summed E-state index contributed by atoms with van der Waals surface area (Å²) in [7, 11) is 0. The molecule has 4 nitrogen and oxygen atoms in total. The Morgan fingerprint density at radius 3 is 2.44 bits per heavy atom. The number of nitrogens with zero attached hydrogens (tertiary/aromatic N) is 1. The van der Waals surface area contributed by atoms with Gasteiger partial charge in [0.1, 0.15) is 5.58 Å². The smallest absolute Gasteiger partial charge is 0.202 e. The van der Waals surface area contributed by atoms with E-state index >= 15 is 0 Å². The fraction of sp³-hybridized carbons (Fsp3) is 0.444. The molecule has 1 aliphatic rings. The first-order chi connectivity index (χ1) is 15.1. The maximum atomic E-state index is 13.4. The van der Waals surface area contributed by atoms with Gasteiger partial charge in [0.15, 0.2) is 5.43 Å². The molecule has 1 saturated heterocycles. The highest BCUT2D eigenvalue weighted by atomic mass is 79.9. The molecule has 0 amide bonds. The summed E-state index contributed by atoms with van der Waals surface area (Å²) in [5, 5.41) is 4.27. The van der Waals surface area contributed by atoms with Crippen molar-refractivity contribution in [2.24, 2.45) is 5.41 Å². The van der Waals surface area contributed by atoms with Crippen LogP contribution in [0.25, 0.3) is 11.0 Å². The molecule has 1 fully saturated rings. The first-order valence-corrected chi connectivity index (χ1v) is 12.2. The van der Waals surface area contributed by atoms with Crippen LogP contribution in [0.15, 0.2) is 44.0 Å². The van der Waals surface area contributed by atoms with E-state index in [4.69, 9.17) is 4.42 Å². The van der Waals surface area contributed by atoms with Crippen LogP contribution < -0.4 is 15.6 Å². The van der Waals surface area contributed by atoms with Crippen LogP contribution in [0.4, 0.5) is 11.6 Å². The summed E-state index contributed by atoms with van der Waals surface area (Å²) < 4.78 is 7.57. The zero-order chi connectivity index (χ0) is 23.2. The van der Waals surface area contributed by atoms with Crippen molar-refractivity contribution in [2.75, 3.05) is 23.3 Å². The summed E-state index contributed by atoms with van der Waals surface area (Å²) in [6.07, 6.45) is 2.18. The number of rotatable bonds is 4. The van der Waals surface area contributed by atoms with E-state index in [2.05, 4.69) is 78.1 Å². The fourth-order valence-corrected chi connectivity index (χ4v) is 4.92. The molecule has 0 radical (unpaired) electrons. The van der Waals surface area contributed by atoms with Crippen molar-refractivity contribution >= 4 is 38.5 Å². The van der Waals surface area contributed by atoms with Gasteiger partial charge in [-0.15, -0.1) is 0 Å². The van der Waals surface area contributed by atoms with Gasteiger partial charge in [-0.2, -0.15) is 0 Å². The molecule has 0 aliphatic carbocycles. The lowest BCUT2D eigenvalue weighted by Crippen LogP contribution is -2.38. The first kappa shape index (κ1) is 22.9. The molecule has 1 aliphatic heterocycles.